The van der Waals surface area contributed by atoms with E-state index in [0.29, 0.717) is 24.8 Å². The van der Waals surface area contributed by atoms with Gasteiger partial charge in [0.05, 0.1) is 5.75 Å². The Kier molecular flexibility index (Phi) is 4.41. The molecule has 3 aliphatic carbocycles. The normalized spacial score (nSPS) is 34.4. The Morgan fingerprint density at radius 1 is 1.13 bits per heavy atom. The molecule has 0 heterocycles. The molecule has 3 rings (SSSR count). The third-order valence-electron chi connectivity index (χ3n) is 7.28. The van der Waals surface area contributed by atoms with Gasteiger partial charge in [-0.1, -0.05) is 33.1 Å². The minimum Gasteiger partial charge on any atom is -0.299 e. The van der Waals surface area contributed by atoms with E-state index in [1.165, 1.54) is 19.3 Å². The summed E-state index contributed by atoms with van der Waals surface area (Å²) in [6.07, 6.45) is 8.32. The van der Waals surface area contributed by atoms with Crippen LogP contribution >= 0.6 is 0 Å². The van der Waals surface area contributed by atoms with Crippen LogP contribution in [0.15, 0.2) is 0 Å². The Bertz CT molecular complexity index is 577. The molecule has 0 spiro atoms. The largest absolute Gasteiger partial charge is 0.299 e. The number of ketones is 1. The van der Waals surface area contributed by atoms with E-state index >= 15 is 0 Å². The molecule has 0 radical (unpaired) electrons. The second kappa shape index (κ2) is 5.83. The summed E-state index contributed by atoms with van der Waals surface area (Å²) in [5, 5.41) is 0. The lowest BCUT2D eigenvalue weighted by Crippen LogP contribution is -2.46. The number of carbonyl (C=O) groups excluding carboxylic acids is 1. The van der Waals surface area contributed by atoms with Gasteiger partial charge in [-0.2, -0.15) is 0 Å². The molecule has 0 N–H and O–H groups in total. The second-order valence-electron chi connectivity index (χ2n) is 8.71. The van der Waals surface area contributed by atoms with E-state index < -0.39 is 15.4 Å². The molecule has 2 bridgehead atoms. The lowest BCUT2D eigenvalue weighted by molar-refractivity contribution is -0.128. The first kappa shape index (κ1) is 17.4. The maximum Gasteiger partial charge on any atom is 0.214 e. The van der Waals surface area contributed by atoms with Gasteiger partial charge in [-0.05, 0) is 42.9 Å². The number of fused-ring (bicyclic) bond motifs is 2. The van der Waals surface area contributed by atoms with Gasteiger partial charge in [0.25, 0.3) is 0 Å². The van der Waals surface area contributed by atoms with Gasteiger partial charge in [-0.25, -0.2) is 12.7 Å². The zero-order chi connectivity index (χ0) is 16.9. The molecule has 4 nitrogen and oxygen atoms in total. The van der Waals surface area contributed by atoms with E-state index in [9.17, 15) is 13.2 Å². The summed E-state index contributed by atoms with van der Waals surface area (Å²) in [4.78, 5) is 12.6. The van der Waals surface area contributed by atoms with Crippen molar-refractivity contribution >= 4 is 15.8 Å². The van der Waals surface area contributed by atoms with Gasteiger partial charge in [0.15, 0.2) is 0 Å². The van der Waals surface area contributed by atoms with Crippen LogP contribution in [0.4, 0.5) is 0 Å². The van der Waals surface area contributed by atoms with Gasteiger partial charge >= 0.3 is 0 Å². The van der Waals surface area contributed by atoms with Crippen LogP contribution in [-0.4, -0.2) is 37.9 Å². The highest BCUT2D eigenvalue weighted by molar-refractivity contribution is 7.89. The topological polar surface area (TPSA) is 54.5 Å². The number of nitrogens with zero attached hydrogens (tertiary/aromatic N) is 1. The van der Waals surface area contributed by atoms with E-state index in [2.05, 4.69) is 13.8 Å². The molecule has 0 aromatic carbocycles. The van der Waals surface area contributed by atoms with Gasteiger partial charge in [-0.3, -0.25) is 4.79 Å². The summed E-state index contributed by atoms with van der Waals surface area (Å²) in [6.45, 7) is 4.83. The molecule has 3 saturated carbocycles. The third-order valence-corrected chi connectivity index (χ3v) is 9.24. The van der Waals surface area contributed by atoms with Crippen molar-refractivity contribution in [3.8, 4) is 0 Å². The maximum absolute atomic E-state index is 12.9. The third kappa shape index (κ3) is 2.78. The molecule has 132 valence electrons. The summed E-state index contributed by atoms with van der Waals surface area (Å²) >= 11 is 0. The van der Waals surface area contributed by atoms with Crippen molar-refractivity contribution in [3.63, 3.8) is 0 Å². The zero-order valence-electron chi connectivity index (χ0n) is 14.8. The molecular formula is C18H31NO3S. The van der Waals surface area contributed by atoms with Crippen molar-refractivity contribution in [2.24, 2.45) is 22.7 Å². The van der Waals surface area contributed by atoms with Crippen LogP contribution in [0.25, 0.3) is 0 Å². The van der Waals surface area contributed by atoms with Gasteiger partial charge in [0.1, 0.15) is 5.78 Å². The Morgan fingerprint density at radius 2 is 1.78 bits per heavy atom. The first-order valence-electron chi connectivity index (χ1n) is 9.16. The van der Waals surface area contributed by atoms with Crippen molar-refractivity contribution in [2.75, 3.05) is 19.3 Å². The van der Waals surface area contributed by atoms with E-state index in [1.807, 2.05) is 0 Å². The summed E-state index contributed by atoms with van der Waals surface area (Å²) in [7, 11) is -1.67. The molecule has 3 aliphatic rings. The van der Waals surface area contributed by atoms with Crippen molar-refractivity contribution < 1.29 is 13.2 Å². The fourth-order valence-corrected chi connectivity index (χ4v) is 7.34. The molecule has 23 heavy (non-hydrogen) atoms. The van der Waals surface area contributed by atoms with Crippen LogP contribution in [0.2, 0.25) is 0 Å². The second-order valence-corrected chi connectivity index (χ2v) is 10.8. The molecule has 0 aromatic heterocycles. The van der Waals surface area contributed by atoms with Crippen LogP contribution in [0, 0.1) is 22.7 Å². The SMILES string of the molecule is CN(CC1CCCCC1)S(=O)(=O)CC12CCC(CC1=O)C2(C)C. The summed E-state index contributed by atoms with van der Waals surface area (Å²) in [5.74, 6) is 1.07. The number of carbonyl (C=O) groups is 1. The number of hydrogen-bond acceptors (Lipinski definition) is 3. The van der Waals surface area contributed by atoms with Gasteiger partial charge in [0, 0.05) is 25.4 Å². The van der Waals surface area contributed by atoms with Crippen molar-refractivity contribution in [1.82, 2.24) is 4.31 Å². The quantitative estimate of drug-likeness (QED) is 0.771. The first-order valence-corrected chi connectivity index (χ1v) is 10.8. The summed E-state index contributed by atoms with van der Waals surface area (Å²) in [6, 6.07) is 0. The average Bonchev–Trinajstić information content (AvgIpc) is 2.82. The van der Waals surface area contributed by atoms with E-state index in [-0.39, 0.29) is 17.0 Å². The van der Waals surface area contributed by atoms with E-state index in [1.54, 1.807) is 11.4 Å². The zero-order valence-corrected chi connectivity index (χ0v) is 15.6. The molecule has 0 amide bonds. The number of sulfonamides is 1. The molecule has 2 atom stereocenters. The Balaban J connectivity index is 1.74. The van der Waals surface area contributed by atoms with Crippen molar-refractivity contribution in [1.29, 1.82) is 0 Å². The van der Waals surface area contributed by atoms with Gasteiger partial charge in [-0.15, -0.1) is 0 Å². The summed E-state index contributed by atoms with van der Waals surface area (Å²) < 4.78 is 27.4. The smallest absolute Gasteiger partial charge is 0.214 e. The highest BCUT2D eigenvalue weighted by Crippen LogP contribution is 2.64. The lowest BCUT2D eigenvalue weighted by Gasteiger charge is -2.37. The molecule has 0 saturated heterocycles. The molecule has 2 unspecified atom stereocenters. The minimum atomic E-state index is -3.38. The van der Waals surface area contributed by atoms with Crippen LogP contribution in [0.5, 0.6) is 0 Å². The molecular weight excluding hydrogens is 310 g/mol. The van der Waals surface area contributed by atoms with Crippen LogP contribution in [0.1, 0.15) is 65.2 Å². The van der Waals surface area contributed by atoms with Gasteiger partial charge < -0.3 is 0 Å². The Labute approximate surface area is 141 Å². The maximum atomic E-state index is 12.9. The Morgan fingerprint density at radius 3 is 2.30 bits per heavy atom. The fraction of sp³-hybridized carbons (Fsp3) is 0.944. The number of hydrogen-bond donors (Lipinski definition) is 0. The van der Waals surface area contributed by atoms with Crippen LogP contribution in [-0.2, 0) is 14.8 Å². The number of rotatable bonds is 5. The molecule has 0 aromatic rings. The average molecular weight is 342 g/mol. The Hall–Kier alpha value is -0.420. The molecule has 3 fully saturated rings. The standard InChI is InChI=1S/C18H31NO3S/c1-17(2)15-9-10-18(17,16(20)11-15)13-23(21,22)19(3)12-14-7-5-4-6-8-14/h14-15H,4-13H2,1-3H3. The summed E-state index contributed by atoms with van der Waals surface area (Å²) in [5.41, 5.74) is -0.819. The predicted octanol–water partition coefficient (Wildman–Crippen LogP) is 3.22. The first-order chi connectivity index (χ1) is 10.7. The van der Waals surface area contributed by atoms with E-state index in [0.717, 1.165) is 25.7 Å². The lowest BCUT2D eigenvalue weighted by atomic mass is 9.70. The molecule has 5 heteroatoms. The van der Waals surface area contributed by atoms with Gasteiger partial charge in [0.2, 0.25) is 10.0 Å². The van der Waals surface area contributed by atoms with Crippen molar-refractivity contribution in [3.05, 3.63) is 0 Å². The van der Waals surface area contributed by atoms with Crippen LogP contribution < -0.4 is 0 Å². The van der Waals surface area contributed by atoms with Crippen molar-refractivity contribution in [2.45, 2.75) is 65.2 Å². The molecule has 0 aliphatic heterocycles. The fourth-order valence-electron chi connectivity index (χ4n) is 5.38. The van der Waals surface area contributed by atoms with Crippen LogP contribution in [0.3, 0.4) is 0 Å². The van der Waals surface area contributed by atoms with E-state index in [4.69, 9.17) is 0 Å². The monoisotopic (exact) mass is 341 g/mol. The number of Topliss-reactive ketones (excluding diaryl/α,β-unsaturated/α-hetero) is 1. The highest BCUT2D eigenvalue weighted by atomic mass is 32.2. The highest BCUT2D eigenvalue weighted by Gasteiger charge is 2.65. The predicted molar refractivity (Wildman–Crippen MR) is 91.6 cm³/mol. The minimum absolute atomic E-state index is 0.0194.